The Kier molecular flexibility index (Phi) is 4.79. The lowest BCUT2D eigenvalue weighted by Crippen LogP contribution is -2.27. The van der Waals surface area contributed by atoms with E-state index < -0.39 is 11.7 Å². The Balaban J connectivity index is 2.07. The highest BCUT2D eigenvalue weighted by atomic mass is 35.5. The molecule has 7 heteroatoms. The largest absolute Gasteiger partial charge is 0.360 e. The topological polar surface area (TPSA) is 46.3 Å². The summed E-state index contributed by atoms with van der Waals surface area (Å²) in [6.45, 7) is 1.59. The van der Waals surface area contributed by atoms with Crippen LogP contribution in [0.3, 0.4) is 0 Å². The molecule has 0 aliphatic carbocycles. The van der Waals surface area contributed by atoms with E-state index in [0.717, 1.165) is 0 Å². The van der Waals surface area contributed by atoms with Gasteiger partial charge in [0.15, 0.2) is 0 Å². The van der Waals surface area contributed by atoms with Gasteiger partial charge in [-0.2, -0.15) is 0 Å². The van der Waals surface area contributed by atoms with Crippen molar-refractivity contribution in [1.29, 1.82) is 0 Å². The predicted octanol–water partition coefficient (Wildman–Crippen LogP) is 5.37. The number of benzene rings is 2. The zero-order chi connectivity index (χ0) is 18.1. The number of aromatic nitrogens is 1. The van der Waals surface area contributed by atoms with Gasteiger partial charge in [0.2, 0.25) is 0 Å². The molecule has 3 rings (SSSR count). The molecule has 3 aromatic rings. The van der Waals surface area contributed by atoms with Crippen LogP contribution in [0.15, 0.2) is 47.0 Å². The fourth-order valence-electron chi connectivity index (χ4n) is 2.47. The van der Waals surface area contributed by atoms with E-state index in [-0.39, 0.29) is 27.6 Å². The fourth-order valence-corrected chi connectivity index (χ4v) is 2.85. The lowest BCUT2D eigenvalue weighted by molar-refractivity contribution is 0.0992. The van der Waals surface area contributed by atoms with Gasteiger partial charge in [-0.15, -0.1) is 0 Å². The second-order valence-corrected chi connectivity index (χ2v) is 6.24. The summed E-state index contributed by atoms with van der Waals surface area (Å²) < 4.78 is 19.4. The minimum absolute atomic E-state index is 0.0360. The average molecular weight is 379 g/mol. The lowest BCUT2D eigenvalue weighted by atomic mass is 10.0. The molecule has 2 aromatic carbocycles. The van der Waals surface area contributed by atoms with Crippen molar-refractivity contribution in [3.8, 4) is 11.3 Å². The van der Waals surface area contributed by atoms with E-state index in [9.17, 15) is 9.18 Å². The number of amides is 1. The first-order chi connectivity index (χ1) is 11.9. The molecule has 0 saturated heterocycles. The maximum Gasteiger partial charge on any atom is 0.263 e. The number of aryl methyl sites for hydroxylation is 1. The highest BCUT2D eigenvalue weighted by Gasteiger charge is 2.27. The summed E-state index contributed by atoms with van der Waals surface area (Å²) in [6.07, 6.45) is 0. The lowest BCUT2D eigenvalue weighted by Gasteiger charge is -2.17. The molecule has 0 N–H and O–H groups in total. The number of anilines is 1. The normalized spacial score (nSPS) is 10.8. The van der Waals surface area contributed by atoms with E-state index in [0.29, 0.717) is 10.7 Å². The molecule has 128 valence electrons. The van der Waals surface area contributed by atoms with Crippen molar-refractivity contribution in [2.45, 2.75) is 6.92 Å². The molecule has 4 nitrogen and oxygen atoms in total. The summed E-state index contributed by atoms with van der Waals surface area (Å²) in [5, 5.41) is 4.56. The van der Waals surface area contributed by atoms with Crippen molar-refractivity contribution in [3.63, 3.8) is 0 Å². The number of carbonyl (C=O) groups is 1. The third kappa shape index (κ3) is 3.25. The summed E-state index contributed by atoms with van der Waals surface area (Å²) in [5.41, 5.74) is 0.894. The Labute approximate surface area is 153 Å². The molecule has 0 saturated carbocycles. The highest BCUT2D eigenvalue weighted by Crippen LogP contribution is 2.34. The number of rotatable bonds is 3. The van der Waals surface area contributed by atoms with Crippen LogP contribution in [0.4, 0.5) is 10.1 Å². The van der Waals surface area contributed by atoms with Gasteiger partial charge in [-0.05, 0) is 43.3 Å². The summed E-state index contributed by atoms with van der Waals surface area (Å²) >= 11 is 12.0. The standard InChI is InChI=1S/C18H13Cl2FN2O2/c1-10-15(18(24)23(2)12-8-6-11(19)7-9-12)17(22-25-10)16-13(20)4-3-5-14(16)21/h3-9H,1-2H3. The van der Waals surface area contributed by atoms with Crippen LogP contribution in [-0.4, -0.2) is 18.1 Å². The maximum atomic E-state index is 14.3. The minimum atomic E-state index is -0.580. The second-order valence-electron chi connectivity index (χ2n) is 5.40. The van der Waals surface area contributed by atoms with Crippen LogP contribution in [0, 0.1) is 12.7 Å². The Morgan fingerprint density at radius 2 is 1.84 bits per heavy atom. The van der Waals surface area contributed by atoms with E-state index in [1.807, 2.05) is 0 Å². The SMILES string of the molecule is Cc1onc(-c2c(F)cccc2Cl)c1C(=O)N(C)c1ccc(Cl)cc1. The summed E-state index contributed by atoms with van der Waals surface area (Å²) in [4.78, 5) is 14.4. The van der Waals surface area contributed by atoms with E-state index >= 15 is 0 Å². The molecule has 0 spiro atoms. The summed E-state index contributed by atoms with van der Waals surface area (Å²) in [7, 11) is 1.60. The average Bonchev–Trinajstić information content (AvgIpc) is 2.95. The molecule has 0 fully saturated rings. The van der Waals surface area contributed by atoms with Gasteiger partial charge in [0.1, 0.15) is 22.8 Å². The van der Waals surface area contributed by atoms with Gasteiger partial charge in [-0.3, -0.25) is 4.79 Å². The van der Waals surface area contributed by atoms with Gasteiger partial charge in [0.25, 0.3) is 5.91 Å². The Morgan fingerprint density at radius 1 is 1.16 bits per heavy atom. The van der Waals surface area contributed by atoms with Gasteiger partial charge in [0.05, 0.1) is 10.6 Å². The zero-order valence-corrected chi connectivity index (χ0v) is 14.9. The Hall–Kier alpha value is -2.37. The minimum Gasteiger partial charge on any atom is -0.360 e. The molecule has 25 heavy (non-hydrogen) atoms. The maximum absolute atomic E-state index is 14.3. The van der Waals surface area contributed by atoms with E-state index in [1.165, 1.54) is 23.1 Å². The third-order valence-electron chi connectivity index (χ3n) is 3.79. The van der Waals surface area contributed by atoms with Crippen LogP contribution >= 0.6 is 23.2 Å². The molecule has 0 aliphatic rings. The summed E-state index contributed by atoms with van der Waals surface area (Å²) in [6, 6.07) is 11.0. The van der Waals surface area contributed by atoms with Crippen LogP contribution in [0.5, 0.6) is 0 Å². The number of hydrogen-bond acceptors (Lipinski definition) is 3. The predicted molar refractivity (Wildman–Crippen MR) is 95.8 cm³/mol. The van der Waals surface area contributed by atoms with Crippen LogP contribution in [0.1, 0.15) is 16.1 Å². The molecule has 0 radical (unpaired) electrons. The smallest absolute Gasteiger partial charge is 0.263 e. The van der Waals surface area contributed by atoms with Crippen LogP contribution in [0.25, 0.3) is 11.3 Å². The van der Waals surface area contributed by atoms with Crippen molar-refractivity contribution in [2.24, 2.45) is 0 Å². The molecule has 1 heterocycles. The number of hydrogen-bond donors (Lipinski definition) is 0. The Bertz CT molecular complexity index is 918. The first-order valence-electron chi connectivity index (χ1n) is 7.34. The molecule has 0 unspecified atom stereocenters. The molecular formula is C18H13Cl2FN2O2. The molecule has 1 amide bonds. The highest BCUT2D eigenvalue weighted by molar-refractivity contribution is 6.33. The quantitative estimate of drug-likeness (QED) is 0.615. The van der Waals surface area contributed by atoms with E-state index in [2.05, 4.69) is 5.16 Å². The first-order valence-corrected chi connectivity index (χ1v) is 8.10. The summed E-state index contributed by atoms with van der Waals surface area (Å²) in [5.74, 6) is -0.695. The Morgan fingerprint density at radius 3 is 2.48 bits per heavy atom. The van der Waals surface area contributed by atoms with Gasteiger partial charge in [-0.1, -0.05) is 34.4 Å². The third-order valence-corrected chi connectivity index (χ3v) is 4.36. The molecular weight excluding hydrogens is 366 g/mol. The monoisotopic (exact) mass is 378 g/mol. The van der Waals surface area contributed by atoms with Crippen molar-refractivity contribution in [3.05, 3.63) is 69.7 Å². The fraction of sp³-hybridized carbons (Fsp3) is 0.111. The number of carbonyl (C=O) groups excluding carboxylic acids is 1. The van der Waals surface area contributed by atoms with Crippen molar-refractivity contribution in [2.75, 3.05) is 11.9 Å². The van der Waals surface area contributed by atoms with Crippen molar-refractivity contribution in [1.82, 2.24) is 5.16 Å². The molecule has 0 bridgehead atoms. The van der Waals surface area contributed by atoms with Crippen LogP contribution in [0.2, 0.25) is 10.0 Å². The number of nitrogens with zero attached hydrogens (tertiary/aromatic N) is 2. The van der Waals surface area contributed by atoms with Crippen LogP contribution < -0.4 is 4.90 Å². The van der Waals surface area contributed by atoms with Gasteiger partial charge in [0, 0.05) is 17.8 Å². The van der Waals surface area contributed by atoms with Crippen molar-refractivity contribution < 1.29 is 13.7 Å². The van der Waals surface area contributed by atoms with Gasteiger partial charge < -0.3 is 9.42 Å². The van der Waals surface area contributed by atoms with Gasteiger partial charge in [-0.25, -0.2) is 4.39 Å². The van der Waals surface area contributed by atoms with E-state index in [4.69, 9.17) is 27.7 Å². The van der Waals surface area contributed by atoms with Gasteiger partial charge >= 0.3 is 0 Å². The van der Waals surface area contributed by atoms with Crippen LogP contribution in [-0.2, 0) is 0 Å². The number of halogens is 3. The second kappa shape index (κ2) is 6.86. The van der Waals surface area contributed by atoms with Crippen molar-refractivity contribution >= 4 is 34.8 Å². The van der Waals surface area contributed by atoms with E-state index in [1.54, 1.807) is 38.2 Å². The zero-order valence-electron chi connectivity index (χ0n) is 13.4. The molecule has 0 atom stereocenters. The molecule has 1 aromatic heterocycles. The molecule has 0 aliphatic heterocycles. The first kappa shape index (κ1) is 17.5.